The third kappa shape index (κ3) is 9.42. The maximum atomic E-state index is 11.7. The predicted molar refractivity (Wildman–Crippen MR) is 96.3 cm³/mol. The summed E-state index contributed by atoms with van der Waals surface area (Å²) in [5.41, 5.74) is 0.254. The van der Waals surface area contributed by atoms with Crippen LogP contribution in [0.15, 0.2) is 24.3 Å². The van der Waals surface area contributed by atoms with Crippen molar-refractivity contribution in [3.05, 3.63) is 29.3 Å². The van der Waals surface area contributed by atoms with E-state index in [0.717, 1.165) is 11.8 Å². The number of rotatable bonds is 7. The molecule has 132 valence electrons. The van der Waals surface area contributed by atoms with Gasteiger partial charge in [0.25, 0.3) is 5.91 Å². The van der Waals surface area contributed by atoms with Crippen molar-refractivity contribution >= 4 is 46.8 Å². The van der Waals surface area contributed by atoms with Gasteiger partial charge >= 0.3 is 5.97 Å². The maximum Gasteiger partial charge on any atom is 0.316 e. The number of ether oxygens (including phenoxy) is 1. The molecule has 0 saturated carbocycles. The summed E-state index contributed by atoms with van der Waals surface area (Å²) in [6.45, 7) is 5.18. The zero-order valence-corrected chi connectivity index (χ0v) is 15.4. The van der Waals surface area contributed by atoms with Gasteiger partial charge in [-0.2, -0.15) is 0 Å². The zero-order chi connectivity index (χ0) is 18.2. The van der Waals surface area contributed by atoms with E-state index in [2.05, 4.69) is 10.6 Å². The number of benzene rings is 1. The largest absolute Gasteiger partial charge is 0.455 e. The minimum atomic E-state index is -0.539. The van der Waals surface area contributed by atoms with Crippen LogP contribution in [-0.4, -0.2) is 41.4 Å². The van der Waals surface area contributed by atoms with Gasteiger partial charge in [-0.05, 0) is 45.0 Å². The Kier molecular flexibility index (Phi) is 8.07. The average molecular weight is 373 g/mol. The Labute approximate surface area is 150 Å². The molecule has 24 heavy (non-hydrogen) atoms. The molecule has 6 nitrogen and oxygen atoms in total. The Morgan fingerprint density at radius 1 is 1.08 bits per heavy atom. The van der Waals surface area contributed by atoms with E-state index in [1.807, 2.05) is 20.8 Å². The highest BCUT2D eigenvalue weighted by atomic mass is 35.5. The summed E-state index contributed by atoms with van der Waals surface area (Å²) in [5, 5.41) is 5.95. The molecule has 2 N–H and O–H groups in total. The number of esters is 1. The molecule has 0 radical (unpaired) electrons. The first kappa shape index (κ1) is 20.3. The van der Waals surface area contributed by atoms with Gasteiger partial charge in [0.05, 0.1) is 11.5 Å². The van der Waals surface area contributed by atoms with Gasteiger partial charge in [0.2, 0.25) is 5.91 Å². The summed E-state index contributed by atoms with van der Waals surface area (Å²) in [5.74, 6) is -1.03. The van der Waals surface area contributed by atoms with Gasteiger partial charge in [0.1, 0.15) is 0 Å². The first-order valence-corrected chi connectivity index (χ1v) is 8.79. The van der Waals surface area contributed by atoms with Gasteiger partial charge in [0, 0.05) is 16.2 Å². The first-order chi connectivity index (χ1) is 11.2. The molecule has 2 amide bonds. The minimum Gasteiger partial charge on any atom is -0.455 e. The van der Waals surface area contributed by atoms with Crippen molar-refractivity contribution in [2.24, 2.45) is 0 Å². The van der Waals surface area contributed by atoms with Gasteiger partial charge in [-0.3, -0.25) is 14.4 Å². The quantitative estimate of drug-likeness (QED) is 0.718. The van der Waals surface area contributed by atoms with Crippen LogP contribution in [0.4, 0.5) is 5.69 Å². The summed E-state index contributed by atoms with van der Waals surface area (Å²) < 4.78 is 4.84. The molecule has 0 unspecified atom stereocenters. The third-order valence-electron chi connectivity index (χ3n) is 2.46. The van der Waals surface area contributed by atoms with Crippen molar-refractivity contribution in [2.75, 3.05) is 23.4 Å². The van der Waals surface area contributed by atoms with Crippen LogP contribution < -0.4 is 10.6 Å². The Balaban J connectivity index is 2.19. The summed E-state index contributed by atoms with van der Waals surface area (Å²) in [4.78, 5) is 34.7. The van der Waals surface area contributed by atoms with Gasteiger partial charge in [0.15, 0.2) is 6.61 Å². The van der Waals surface area contributed by atoms with E-state index in [-0.39, 0.29) is 35.5 Å². The number of hydrogen-bond donors (Lipinski definition) is 2. The summed E-state index contributed by atoms with van der Waals surface area (Å²) >= 11 is 6.87. The molecular weight excluding hydrogens is 352 g/mol. The standard InChI is InChI=1S/C16H21ClN2O4S/c1-16(2,3)19-13(20)8-23-15(22)10-24-9-14(21)18-12-6-4-11(17)5-7-12/h4-7H,8-10H2,1-3H3,(H,18,21)(H,19,20). The van der Waals surface area contributed by atoms with Crippen LogP contribution in [0.2, 0.25) is 5.02 Å². The summed E-state index contributed by atoms with van der Waals surface area (Å²) in [6.07, 6.45) is 0. The molecule has 0 aromatic heterocycles. The van der Waals surface area contributed by atoms with Crippen LogP contribution in [-0.2, 0) is 19.1 Å². The zero-order valence-electron chi connectivity index (χ0n) is 13.8. The number of carbonyl (C=O) groups excluding carboxylic acids is 3. The molecule has 0 bridgehead atoms. The van der Waals surface area contributed by atoms with Gasteiger partial charge in [-0.25, -0.2) is 0 Å². The van der Waals surface area contributed by atoms with Gasteiger partial charge in [-0.15, -0.1) is 11.8 Å². The normalized spacial score (nSPS) is 10.8. The molecule has 0 heterocycles. The monoisotopic (exact) mass is 372 g/mol. The number of halogens is 1. The Bertz CT molecular complexity index is 585. The second kappa shape index (κ2) is 9.54. The van der Waals surface area contributed by atoms with Crippen LogP contribution in [0.1, 0.15) is 20.8 Å². The van der Waals surface area contributed by atoms with Crippen molar-refractivity contribution < 1.29 is 19.1 Å². The SMILES string of the molecule is CC(C)(C)NC(=O)COC(=O)CSCC(=O)Nc1ccc(Cl)cc1. The molecule has 0 fully saturated rings. The van der Waals surface area contributed by atoms with Crippen LogP contribution >= 0.6 is 23.4 Å². The van der Waals surface area contributed by atoms with Crippen molar-refractivity contribution in [1.82, 2.24) is 5.32 Å². The smallest absolute Gasteiger partial charge is 0.316 e. The molecule has 8 heteroatoms. The molecule has 0 aliphatic heterocycles. The van der Waals surface area contributed by atoms with Crippen LogP contribution in [0, 0.1) is 0 Å². The lowest BCUT2D eigenvalue weighted by Crippen LogP contribution is -2.42. The van der Waals surface area contributed by atoms with E-state index >= 15 is 0 Å². The average Bonchev–Trinajstić information content (AvgIpc) is 2.46. The van der Waals surface area contributed by atoms with E-state index in [0.29, 0.717) is 10.7 Å². The lowest BCUT2D eigenvalue weighted by atomic mass is 10.1. The third-order valence-corrected chi connectivity index (χ3v) is 3.62. The Morgan fingerprint density at radius 2 is 1.71 bits per heavy atom. The first-order valence-electron chi connectivity index (χ1n) is 7.25. The number of hydrogen-bond acceptors (Lipinski definition) is 5. The Morgan fingerprint density at radius 3 is 2.29 bits per heavy atom. The van der Waals surface area contributed by atoms with Crippen molar-refractivity contribution in [2.45, 2.75) is 26.3 Å². The highest BCUT2D eigenvalue weighted by Gasteiger charge is 2.15. The maximum absolute atomic E-state index is 11.7. The lowest BCUT2D eigenvalue weighted by molar-refractivity contribution is -0.146. The van der Waals surface area contributed by atoms with E-state index in [4.69, 9.17) is 16.3 Å². The summed E-state index contributed by atoms with van der Waals surface area (Å²) in [6, 6.07) is 6.72. The van der Waals surface area contributed by atoms with Crippen LogP contribution in [0.3, 0.4) is 0 Å². The topological polar surface area (TPSA) is 84.5 Å². The van der Waals surface area contributed by atoms with E-state index in [1.54, 1.807) is 24.3 Å². The van der Waals surface area contributed by atoms with E-state index < -0.39 is 5.97 Å². The molecule has 0 atom stereocenters. The van der Waals surface area contributed by atoms with Crippen LogP contribution in [0.5, 0.6) is 0 Å². The van der Waals surface area contributed by atoms with Gasteiger partial charge < -0.3 is 15.4 Å². The van der Waals surface area contributed by atoms with Gasteiger partial charge in [-0.1, -0.05) is 11.6 Å². The highest BCUT2D eigenvalue weighted by Crippen LogP contribution is 2.13. The molecule has 0 aliphatic rings. The molecule has 0 spiro atoms. The van der Waals surface area contributed by atoms with Crippen molar-refractivity contribution in [3.63, 3.8) is 0 Å². The number of anilines is 1. The van der Waals surface area contributed by atoms with Crippen molar-refractivity contribution in [1.29, 1.82) is 0 Å². The van der Waals surface area contributed by atoms with E-state index in [1.165, 1.54) is 0 Å². The summed E-state index contributed by atoms with van der Waals surface area (Å²) in [7, 11) is 0. The fraction of sp³-hybridized carbons (Fsp3) is 0.438. The fourth-order valence-corrected chi connectivity index (χ4v) is 2.34. The number of thioether (sulfide) groups is 1. The molecule has 1 rings (SSSR count). The number of amides is 2. The molecule has 1 aromatic carbocycles. The second-order valence-corrected chi connectivity index (χ2v) is 7.43. The predicted octanol–water partition coefficient (Wildman–Crippen LogP) is 2.47. The molecular formula is C16H21ClN2O4S. The van der Waals surface area contributed by atoms with Crippen molar-refractivity contribution in [3.8, 4) is 0 Å². The molecule has 0 saturated heterocycles. The van der Waals surface area contributed by atoms with E-state index in [9.17, 15) is 14.4 Å². The fourth-order valence-electron chi connectivity index (χ4n) is 1.60. The highest BCUT2D eigenvalue weighted by molar-refractivity contribution is 8.00. The number of carbonyl (C=O) groups is 3. The molecule has 1 aromatic rings. The Hall–Kier alpha value is -1.73. The second-order valence-electron chi connectivity index (χ2n) is 6.01. The van der Waals surface area contributed by atoms with Crippen LogP contribution in [0.25, 0.3) is 0 Å². The number of nitrogens with one attached hydrogen (secondary N) is 2. The molecule has 0 aliphatic carbocycles. The minimum absolute atomic E-state index is 0.00314. The lowest BCUT2D eigenvalue weighted by Gasteiger charge is -2.20.